The Bertz CT molecular complexity index is 963. The van der Waals surface area contributed by atoms with Crippen LogP contribution in [0.15, 0.2) is 96.1 Å². The van der Waals surface area contributed by atoms with E-state index in [4.69, 9.17) is 0 Å². The quantitative estimate of drug-likeness (QED) is 0.431. The molecule has 0 saturated heterocycles. The molecule has 2 N–H and O–H groups in total. The average Bonchev–Trinajstić information content (AvgIpc) is 2.79. The first-order valence-electron chi connectivity index (χ1n) is 10.3. The van der Waals surface area contributed by atoms with Crippen molar-refractivity contribution in [1.82, 2.24) is 10.7 Å². The molecule has 0 aliphatic heterocycles. The fourth-order valence-electron chi connectivity index (χ4n) is 3.34. The van der Waals surface area contributed by atoms with E-state index in [2.05, 4.69) is 15.8 Å². The molecular formula is C26H27N3O2. The molecule has 3 aromatic carbocycles. The largest absolute Gasteiger partial charge is 0.343 e. The number of benzene rings is 3. The predicted molar refractivity (Wildman–Crippen MR) is 124 cm³/mol. The summed E-state index contributed by atoms with van der Waals surface area (Å²) in [5.41, 5.74) is 5.17. The van der Waals surface area contributed by atoms with Crippen LogP contribution < -0.4 is 10.7 Å². The summed E-state index contributed by atoms with van der Waals surface area (Å²) in [5, 5.41) is 6.97. The molecule has 0 heterocycles. The van der Waals surface area contributed by atoms with Crippen LogP contribution in [0.1, 0.15) is 36.5 Å². The third-order valence-electron chi connectivity index (χ3n) is 4.96. The van der Waals surface area contributed by atoms with Crippen LogP contribution in [0.25, 0.3) is 0 Å². The molecule has 0 fully saturated rings. The molecule has 0 aromatic heterocycles. The van der Waals surface area contributed by atoms with E-state index in [1.807, 2.05) is 105 Å². The van der Waals surface area contributed by atoms with E-state index in [1.165, 1.54) is 0 Å². The monoisotopic (exact) mass is 413 g/mol. The van der Waals surface area contributed by atoms with Crippen molar-refractivity contribution in [3.8, 4) is 0 Å². The van der Waals surface area contributed by atoms with Gasteiger partial charge in [-0.1, -0.05) is 105 Å². The van der Waals surface area contributed by atoms with E-state index < -0.39 is 12.0 Å². The summed E-state index contributed by atoms with van der Waals surface area (Å²) in [5.74, 6) is -1.19. The minimum atomic E-state index is -0.713. The summed E-state index contributed by atoms with van der Waals surface area (Å²) < 4.78 is 0. The van der Waals surface area contributed by atoms with Crippen LogP contribution in [0.3, 0.4) is 0 Å². The smallest absolute Gasteiger partial charge is 0.262 e. The second-order valence-corrected chi connectivity index (χ2v) is 7.63. The maximum Gasteiger partial charge on any atom is 0.262 e. The zero-order valence-corrected chi connectivity index (χ0v) is 17.7. The van der Waals surface area contributed by atoms with Gasteiger partial charge in [-0.15, -0.1) is 0 Å². The number of hydrogen-bond donors (Lipinski definition) is 2. The van der Waals surface area contributed by atoms with Crippen molar-refractivity contribution in [1.29, 1.82) is 0 Å². The highest BCUT2D eigenvalue weighted by Crippen LogP contribution is 2.25. The van der Waals surface area contributed by atoms with Crippen LogP contribution in [0, 0.1) is 5.92 Å². The molecule has 1 unspecified atom stereocenters. The third kappa shape index (κ3) is 6.12. The summed E-state index contributed by atoms with van der Waals surface area (Å²) in [6.07, 6.45) is 1.58. The molecule has 3 aromatic rings. The van der Waals surface area contributed by atoms with Gasteiger partial charge in [0.25, 0.3) is 5.91 Å². The normalized spacial score (nSPS) is 12.1. The minimum Gasteiger partial charge on any atom is -0.343 e. The summed E-state index contributed by atoms with van der Waals surface area (Å²) in [6.45, 7) is 3.79. The highest BCUT2D eigenvalue weighted by atomic mass is 16.2. The van der Waals surface area contributed by atoms with Crippen molar-refractivity contribution in [2.45, 2.75) is 25.8 Å². The van der Waals surface area contributed by atoms with Crippen molar-refractivity contribution >= 4 is 18.0 Å². The number of hydrogen-bond acceptors (Lipinski definition) is 3. The van der Waals surface area contributed by atoms with Crippen LogP contribution in [-0.2, 0) is 9.59 Å². The topological polar surface area (TPSA) is 70.6 Å². The number of hydrazone groups is 1. The van der Waals surface area contributed by atoms with Crippen molar-refractivity contribution in [2.75, 3.05) is 0 Å². The SMILES string of the molecule is CC(C)C(NC(=O)C(c1ccccc1)c1ccccc1)C(=O)NN=Cc1ccccc1. The summed E-state index contributed by atoms with van der Waals surface area (Å²) >= 11 is 0. The molecule has 2 amide bonds. The second-order valence-electron chi connectivity index (χ2n) is 7.63. The van der Waals surface area contributed by atoms with Crippen LogP contribution in [-0.4, -0.2) is 24.1 Å². The first-order valence-corrected chi connectivity index (χ1v) is 10.3. The van der Waals surface area contributed by atoms with E-state index >= 15 is 0 Å². The highest BCUT2D eigenvalue weighted by molar-refractivity contribution is 5.93. The highest BCUT2D eigenvalue weighted by Gasteiger charge is 2.29. The Kier molecular flexibility index (Phi) is 7.71. The van der Waals surface area contributed by atoms with Gasteiger partial charge in [0.1, 0.15) is 6.04 Å². The van der Waals surface area contributed by atoms with Gasteiger partial charge in [-0.2, -0.15) is 5.10 Å². The van der Waals surface area contributed by atoms with Gasteiger partial charge in [-0.25, -0.2) is 5.43 Å². The standard InChI is InChI=1S/C26H27N3O2/c1-19(2)24(26(31)29-27-18-20-12-6-3-7-13-20)28-25(30)23(21-14-8-4-9-15-21)22-16-10-5-11-17-22/h3-19,23-24H,1-2H3,(H,28,30)(H,29,31). The number of nitrogens with one attached hydrogen (secondary N) is 2. The molecule has 0 bridgehead atoms. The molecule has 0 aliphatic rings. The van der Waals surface area contributed by atoms with Crippen molar-refractivity contribution in [3.05, 3.63) is 108 Å². The molecule has 3 rings (SSSR count). The van der Waals surface area contributed by atoms with Gasteiger partial charge >= 0.3 is 0 Å². The van der Waals surface area contributed by atoms with E-state index in [0.717, 1.165) is 16.7 Å². The molecule has 1 atom stereocenters. The minimum absolute atomic E-state index is 0.108. The molecule has 0 radical (unpaired) electrons. The van der Waals surface area contributed by atoms with Gasteiger partial charge in [-0.3, -0.25) is 9.59 Å². The van der Waals surface area contributed by atoms with Gasteiger partial charge < -0.3 is 5.32 Å². The van der Waals surface area contributed by atoms with Crippen molar-refractivity contribution in [3.63, 3.8) is 0 Å². The van der Waals surface area contributed by atoms with Crippen LogP contribution in [0.4, 0.5) is 0 Å². The number of carbonyl (C=O) groups excluding carboxylic acids is 2. The summed E-state index contributed by atoms with van der Waals surface area (Å²) in [7, 11) is 0. The van der Waals surface area contributed by atoms with Gasteiger partial charge in [0.15, 0.2) is 0 Å². The van der Waals surface area contributed by atoms with Crippen molar-refractivity contribution < 1.29 is 9.59 Å². The molecule has 5 nitrogen and oxygen atoms in total. The maximum absolute atomic E-state index is 13.3. The number of rotatable bonds is 8. The summed E-state index contributed by atoms with van der Waals surface area (Å²) in [4.78, 5) is 26.1. The molecule has 0 spiro atoms. The first-order chi connectivity index (χ1) is 15.1. The van der Waals surface area contributed by atoms with E-state index in [-0.39, 0.29) is 17.7 Å². The van der Waals surface area contributed by atoms with Crippen LogP contribution >= 0.6 is 0 Å². The van der Waals surface area contributed by atoms with E-state index in [1.54, 1.807) is 6.21 Å². The molecule has 0 saturated carbocycles. The lowest BCUT2D eigenvalue weighted by molar-refractivity contribution is -0.130. The molecule has 158 valence electrons. The third-order valence-corrected chi connectivity index (χ3v) is 4.96. The van der Waals surface area contributed by atoms with E-state index in [0.29, 0.717) is 0 Å². The average molecular weight is 414 g/mol. The fourth-order valence-corrected chi connectivity index (χ4v) is 3.34. The van der Waals surface area contributed by atoms with Gasteiger partial charge in [-0.05, 0) is 22.6 Å². The van der Waals surface area contributed by atoms with E-state index in [9.17, 15) is 9.59 Å². The Morgan fingerprint density at radius 2 is 1.23 bits per heavy atom. The lowest BCUT2D eigenvalue weighted by Gasteiger charge is -2.24. The molecule has 31 heavy (non-hydrogen) atoms. The Balaban J connectivity index is 1.76. The van der Waals surface area contributed by atoms with Crippen LogP contribution in [0.2, 0.25) is 0 Å². The van der Waals surface area contributed by atoms with Gasteiger partial charge in [0.05, 0.1) is 12.1 Å². The van der Waals surface area contributed by atoms with Gasteiger partial charge in [0, 0.05) is 0 Å². The fraction of sp³-hybridized carbons (Fsp3) is 0.192. The lowest BCUT2D eigenvalue weighted by Crippen LogP contribution is -2.50. The lowest BCUT2D eigenvalue weighted by atomic mass is 9.89. The Labute approximate surface area is 183 Å². The maximum atomic E-state index is 13.3. The Morgan fingerprint density at radius 3 is 1.71 bits per heavy atom. The van der Waals surface area contributed by atoms with Gasteiger partial charge in [0.2, 0.25) is 5.91 Å². The first kappa shape index (κ1) is 22.0. The molecular weight excluding hydrogens is 386 g/mol. The number of nitrogens with zero attached hydrogens (tertiary/aromatic N) is 1. The molecule has 0 aliphatic carbocycles. The zero-order chi connectivity index (χ0) is 22.1. The zero-order valence-electron chi connectivity index (χ0n) is 17.7. The Morgan fingerprint density at radius 1 is 0.742 bits per heavy atom. The Hall–Kier alpha value is -3.73. The summed E-state index contributed by atoms with van der Waals surface area (Å²) in [6, 6.07) is 27.9. The molecule has 5 heteroatoms. The van der Waals surface area contributed by atoms with Crippen LogP contribution in [0.5, 0.6) is 0 Å². The predicted octanol–water partition coefficient (Wildman–Crippen LogP) is 4.11. The second kappa shape index (κ2) is 10.9. The van der Waals surface area contributed by atoms with Crippen molar-refractivity contribution in [2.24, 2.45) is 11.0 Å². The number of amides is 2. The number of carbonyl (C=O) groups is 2.